The first-order chi connectivity index (χ1) is 11.7. The molecule has 0 aliphatic heterocycles. The van der Waals surface area contributed by atoms with Crippen molar-refractivity contribution in [3.05, 3.63) is 64.8 Å². The third kappa shape index (κ3) is 2.69. The highest BCUT2D eigenvalue weighted by molar-refractivity contribution is 5.79. The largest absolute Gasteiger partial charge is 0.327 e. The van der Waals surface area contributed by atoms with Gasteiger partial charge < -0.3 is 4.98 Å². The van der Waals surface area contributed by atoms with Gasteiger partial charge in [0.25, 0.3) is 5.56 Å². The maximum atomic E-state index is 12.5. The van der Waals surface area contributed by atoms with E-state index >= 15 is 0 Å². The first-order valence-corrected chi connectivity index (χ1v) is 7.86. The van der Waals surface area contributed by atoms with E-state index in [1.54, 1.807) is 16.7 Å². The zero-order chi connectivity index (χ0) is 16.5. The molecule has 0 aliphatic carbocycles. The fourth-order valence-corrected chi connectivity index (χ4v) is 2.89. The van der Waals surface area contributed by atoms with Crippen LogP contribution in [0.25, 0.3) is 16.8 Å². The van der Waals surface area contributed by atoms with Crippen LogP contribution in [0, 0.1) is 0 Å². The van der Waals surface area contributed by atoms with Crippen molar-refractivity contribution < 1.29 is 0 Å². The van der Waals surface area contributed by atoms with Gasteiger partial charge >= 0.3 is 0 Å². The summed E-state index contributed by atoms with van der Waals surface area (Å²) in [4.78, 5) is 22.4. The van der Waals surface area contributed by atoms with Gasteiger partial charge in [0.1, 0.15) is 0 Å². The van der Waals surface area contributed by atoms with Gasteiger partial charge in [0.2, 0.25) is 5.78 Å². The summed E-state index contributed by atoms with van der Waals surface area (Å²) in [7, 11) is 2.02. The maximum absolute atomic E-state index is 12.5. The van der Waals surface area contributed by atoms with Gasteiger partial charge in [-0.15, -0.1) is 0 Å². The Bertz CT molecular complexity index is 1030. The number of fused-ring (bicyclic) bond motifs is 3. The number of hydrogen-bond donors (Lipinski definition) is 1. The number of nitrogens with zero attached hydrogens (tertiary/aromatic N) is 5. The molecule has 0 fully saturated rings. The van der Waals surface area contributed by atoms with Crippen LogP contribution in [0.5, 0.6) is 0 Å². The fourth-order valence-electron chi connectivity index (χ4n) is 2.89. The van der Waals surface area contributed by atoms with Crippen LogP contribution in [0.15, 0.2) is 53.6 Å². The third-order valence-electron chi connectivity index (χ3n) is 4.06. The molecule has 1 N–H and O–H groups in total. The monoisotopic (exact) mass is 322 g/mol. The number of aromatic amines is 1. The van der Waals surface area contributed by atoms with Crippen molar-refractivity contribution in [1.82, 2.24) is 29.0 Å². The molecule has 3 heterocycles. The van der Waals surface area contributed by atoms with E-state index in [4.69, 9.17) is 0 Å². The molecule has 1 aromatic carbocycles. The number of imidazole rings is 1. The summed E-state index contributed by atoms with van der Waals surface area (Å²) in [5, 5.41) is 4.19. The van der Waals surface area contributed by atoms with Crippen LogP contribution in [0.4, 0.5) is 0 Å². The minimum absolute atomic E-state index is 0.0621. The Balaban J connectivity index is 1.58. The van der Waals surface area contributed by atoms with E-state index in [1.807, 2.05) is 48.3 Å². The van der Waals surface area contributed by atoms with E-state index in [-0.39, 0.29) is 5.56 Å². The van der Waals surface area contributed by atoms with Crippen molar-refractivity contribution >= 4 is 16.8 Å². The standard InChI is InChI=1S/C17H18N6O/c1-21(9-10-22-8-4-7-18-22)12-13-11-16(24)23-15-6-3-2-5-14(15)20-17(23)19-13/h2-8,11H,9-10,12H2,1H3,(H,19,20). The highest BCUT2D eigenvalue weighted by Crippen LogP contribution is 2.13. The number of para-hydroxylation sites is 2. The van der Waals surface area contributed by atoms with Gasteiger partial charge in [0, 0.05) is 37.2 Å². The summed E-state index contributed by atoms with van der Waals surface area (Å²) in [6.07, 6.45) is 3.71. The summed E-state index contributed by atoms with van der Waals surface area (Å²) in [5.74, 6) is 0.583. The van der Waals surface area contributed by atoms with Gasteiger partial charge in [0.15, 0.2) is 0 Å². The highest BCUT2D eigenvalue weighted by Gasteiger charge is 2.09. The lowest BCUT2D eigenvalue weighted by Gasteiger charge is -2.16. The summed E-state index contributed by atoms with van der Waals surface area (Å²) in [5.41, 5.74) is 2.43. The molecule has 0 bridgehead atoms. The van der Waals surface area contributed by atoms with Crippen LogP contribution in [-0.2, 0) is 13.1 Å². The molecule has 0 saturated carbocycles. The average Bonchev–Trinajstić information content (AvgIpc) is 3.20. The summed E-state index contributed by atoms with van der Waals surface area (Å²) >= 11 is 0. The van der Waals surface area contributed by atoms with Crippen molar-refractivity contribution in [3.8, 4) is 0 Å². The number of rotatable bonds is 5. The molecule has 0 amide bonds. The van der Waals surface area contributed by atoms with Gasteiger partial charge in [-0.1, -0.05) is 12.1 Å². The average molecular weight is 322 g/mol. The highest BCUT2D eigenvalue weighted by atomic mass is 16.1. The molecule has 0 unspecified atom stereocenters. The van der Waals surface area contributed by atoms with Crippen molar-refractivity contribution in [2.45, 2.75) is 13.1 Å². The van der Waals surface area contributed by atoms with E-state index in [0.717, 1.165) is 29.8 Å². The second kappa shape index (κ2) is 5.93. The molecule has 4 rings (SSSR count). The Morgan fingerprint density at radius 3 is 2.96 bits per heavy atom. The Hall–Kier alpha value is -2.93. The Labute approximate surface area is 138 Å². The predicted molar refractivity (Wildman–Crippen MR) is 91.9 cm³/mol. The second-order valence-electron chi connectivity index (χ2n) is 5.90. The molecule has 0 saturated heterocycles. The number of hydrogen-bond acceptors (Lipinski definition) is 4. The van der Waals surface area contributed by atoms with Gasteiger partial charge in [-0.2, -0.15) is 5.10 Å². The SMILES string of the molecule is CN(CCn1cccn1)Cc1cc(=O)n2c(nc3ccccc32)[nH]1. The van der Waals surface area contributed by atoms with E-state index in [9.17, 15) is 4.79 Å². The zero-order valence-corrected chi connectivity index (χ0v) is 13.4. The normalized spacial score (nSPS) is 11.8. The fraction of sp³-hybridized carbons (Fsp3) is 0.235. The molecule has 3 aromatic heterocycles. The van der Waals surface area contributed by atoms with Crippen LogP contribution >= 0.6 is 0 Å². The molecule has 4 aromatic rings. The van der Waals surface area contributed by atoms with E-state index in [0.29, 0.717) is 12.3 Å². The van der Waals surface area contributed by atoms with Crippen LogP contribution in [0.3, 0.4) is 0 Å². The number of H-pyrrole nitrogens is 1. The topological polar surface area (TPSA) is 71.2 Å². The summed E-state index contributed by atoms with van der Waals surface area (Å²) in [6.45, 7) is 2.30. The summed E-state index contributed by atoms with van der Waals surface area (Å²) in [6, 6.07) is 11.2. The lowest BCUT2D eigenvalue weighted by Crippen LogP contribution is -2.25. The smallest absolute Gasteiger partial charge is 0.259 e. The van der Waals surface area contributed by atoms with Crippen molar-refractivity contribution in [2.24, 2.45) is 0 Å². The van der Waals surface area contributed by atoms with E-state index < -0.39 is 0 Å². The molecule has 122 valence electrons. The lowest BCUT2D eigenvalue weighted by molar-refractivity contribution is 0.302. The van der Waals surface area contributed by atoms with Crippen LogP contribution in [0.2, 0.25) is 0 Å². The molecule has 7 heteroatoms. The minimum atomic E-state index is -0.0621. The van der Waals surface area contributed by atoms with Gasteiger partial charge in [0.05, 0.1) is 17.6 Å². The van der Waals surface area contributed by atoms with Gasteiger partial charge in [-0.25, -0.2) is 9.38 Å². The van der Waals surface area contributed by atoms with Crippen molar-refractivity contribution in [2.75, 3.05) is 13.6 Å². The third-order valence-corrected chi connectivity index (χ3v) is 4.06. The molecule has 0 radical (unpaired) electrons. The summed E-state index contributed by atoms with van der Waals surface area (Å²) < 4.78 is 3.51. The van der Waals surface area contributed by atoms with Crippen LogP contribution < -0.4 is 5.56 Å². The number of benzene rings is 1. The van der Waals surface area contributed by atoms with E-state index in [1.165, 1.54) is 0 Å². The quantitative estimate of drug-likeness (QED) is 0.604. The first kappa shape index (κ1) is 14.6. The Morgan fingerprint density at radius 1 is 1.25 bits per heavy atom. The van der Waals surface area contributed by atoms with Crippen molar-refractivity contribution in [1.29, 1.82) is 0 Å². The van der Waals surface area contributed by atoms with Gasteiger partial charge in [-0.3, -0.25) is 14.4 Å². The maximum Gasteiger partial charge on any atom is 0.259 e. The molecular weight excluding hydrogens is 304 g/mol. The predicted octanol–water partition coefficient (Wildman–Crippen LogP) is 1.50. The van der Waals surface area contributed by atoms with E-state index in [2.05, 4.69) is 20.0 Å². The Morgan fingerprint density at radius 2 is 2.12 bits per heavy atom. The van der Waals surface area contributed by atoms with Gasteiger partial charge in [-0.05, 0) is 25.2 Å². The second-order valence-corrected chi connectivity index (χ2v) is 5.90. The number of aromatic nitrogens is 5. The lowest BCUT2D eigenvalue weighted by atomic mass is 10.3. The molecule has 0 spiro atoms. The zero-order valence-electron chi connectivity index (χ0n) is 13.4. The first-order valence-electron chi connectivity index (χ1n) is 7.86. The number of likely N-dealkylation sites (N-methyl/N-ethyl adjacent to an activating group) is 1. The van der Waals surface area contributed by atoms with Crippen LogP contribution in [0.1, 0.15) is 5.69 Å². The molecule has 0 aliphatic rings. The Kier molecular flexibility index (Phi) is 3.62. The van der Waals surface area contributed by atoms with Crippen molar-refractivity contribution in [3.63, 3.8) is 0 Å². The number of nitrogens with one attached hydrogen (secondary N) is 1. The minimum Gasteiger partial charge on any atom is -0.327 e. The molecule has 24 heavy (non-hydrogen) atoms. The molecule has 0 atom stereocenters. The molecular formula is C17H18N6O. The van der Waals surface area contributed by atoms with Crippen LogP contribution in [-0.4, -0.2) is 42.6 Å². The molecule has 7 nitrogen and oxygen atoms in total.